The van der Waals surface area contributed by atoms with Crippen LogP contribution in [0, 0.1) is 5.82 Å². The van der Waals surface area contributed by atoms with Crippen molar-refractivity contribution in [2.45, 2.75) is 18.0 Å². The van der Waals surface area contributed by atoms with Crippen LogP contribution in [0.15, 0.2) is 71.6 Å². The zero-order valence-electron chi connectivity index (χ0n) is 16.9. The highest BCUT2D eigenvalue weighted by molar-refractivity contribution is 8.00. The van der Waals surface area contributed by atoms with Gasteiger partial charge in [-0.1, -0.05) is 30.3 Å². The van der Waals surface area contributed by atoms with Crippen LogP contribution in [-0.2, 0) is 17.9 Å². The second kappa shape index (κ2) is 9.22. The van der Waals surface area contributed by atoms with E-state index >= 15 is 0 Å². The van der Waals surface area contributed by atoms with Crippen LogP contribution in [0.4, 0.5) is 10.1 Å². The highest BCUT2D eigenvalue weighted by Gasteiger charge is 2.26. The number of carbonyl (C=O) groups is 2. The maximum absolute atomic E-state index is 13.2. The summed E-state index contributed by atoms with van der Waals surface area (Å²) < 4.78 is 18.6. The molecule has 31 heavy (non-hydrogen) atoms. The van der Waals surface area contributed by atoms with Crippen LogP contribution in [0.1, 0.15) is 21.5 Å². The monoisotopic (exact) mass is 436 g/mol. The summed E-state index contributed by atoms with van der Waals surface area (Å²) in [6, 6.07) is 18.9. The summed E-state index contributed by atoms with van der Waals surface area (Å²) in [6.45, 7) is 0.645. The average molecular weight is 437 g/mol. The summed E-state index contributed by atoms with van der Waals surface area (Å²) in [4.78, 5) is 28.0. The first-order chi connectivity index (χ1) is 15.0. The SMILES string of the molecule is COc1ccccc1CNC(=O)c1ccc2c(c1)N(Cc1ccc(F)cc1)C(=O)CS2. The Morgan fingerprint density at radius 2 is 1.90 bits per heavy atom. The molecule has 0 aromatic heterocycles. The Balaban J connectivity index is 1.54. The lowest BCUT2D eigenvalue weighted by molar-refractivity contribution is -0.116. The van der Waals surface area contributed by atoms with Gasteiger partial charge in [-0.2, -0.15) is 0 Å². The Bertz CT molecular complexity index is 1120. The van der Waals surface area contributed by atoms with E-state index in [1.165, 1.54) is 23.9 Å². The van der Waals surface area contributed by atoms with E-state index in [4.69, 9.17) is 4.74 Å². The molecular weight excluding hydrogens is 415 g/mol. The molecule has 0 aliphatic carbocycles. The molecule has 1 aliphatic heterocycles. The van der Waals surface area contributed by atoms with Crippen molar-refractivity contribution in [3.8, 4) is 5.75 Å². The predicted octanol–water partition coefficient (Wildman–Crippen LogP) is 4.40. The van der Waals surface area contributed by atoms with Gasteiger partial charge in [0.1, 0.15) is 11.6 Å². The minimum atomic E-state index is -0.321. The predicted molar refractivity (Wildman–Crippen MR) is 119 cm³/mol. The molecule has 0 bridgehead atoms. The molecule has 0 unspecified atom stereocenters. The molecule has 0 fully saturated rings. The highest BCUT2D eigenvalue weighted by Crippen LogP contribution is 2.37. The lowest BCUT2D eigenvalue weighted by Crippen LogP contribution is -2.35. The molecule has 1 heterocycles. The van der Waals surface area contributed by atoms with E-state index in [9.17, 15) is 14.0 Å². The van der Waals surface area contributed by atoms with Gasteiger partial charge in [0.05, 0.1) is 25.1 Å². The lowest BCUT2D eigenvalue weighted by Gasteiger charge is -2.29. The van der Waals surface area contributed by atoms with Crippen molar-refractivity contribution in [2.75, 3.05) is 17.8 Å². The number of halogens is 1. The molecule has 1 N–H and O–H groups in total. The van der Waals surface area contributed by atoms with Crippen molar-refractivity contribution in [3.05, 3.63) is 89.2 Å². The van der Waals surface area contributed by atoms with Crippen molar-refractivity contribution in [2.24, 2.45) is 0 Å². The number of hydrogen-bond donors (Lipinski definition) is 1. The molecule has 1 aliphatic rings. The number of anilines is 1. The molecule has 3 aromatic rings. The van der Waals surface area contributed by atoms with Crippen molar-refractivity contribution < 1.29 is 18.7 Å². The quantitative estimate of drug-likeness (QED) is 0.622. The Morgan fingerprint density at radius 3 is 2.68 bits per heavy atom. The molecule has 4 rings (SSSR count). The molecule has 2 amide bonds. The average Bonchev–Trinajstić information content (AvgIpc) is 2.80. The van der Waals surface area contributed by atoms with Crippen molar-refractivity contribution in [1.82, 2.24) is 5.32 Å². The number of rotatable bonds is 6. The van der Waals surface area contributed by atoms with Gasteiger partial charge in [-0.05, 0) is 42.0 Å². The van der Waals surface area contributed by atoms with E-state index in [-0.39, 0.29) is 17.6 Å². The molecule has 0 saturated carbocycles. The Labute approximate surface area is 184 Å². The number of nitrogens with zero attached hydrogens (tertiary/aromatic N) is 1. The van der Waals surface area contributed by atoms with E-state index in [0.29, 0.717) is 35.8 Å². The molecule has 0 spiro atoms. The van der Waals surface area contributed by atoms with E-state index in [2.05, 4.69) is 5.32 Å². The first kappa shape index (κ1) is 20.9. The van der Waals surface area contributed by atoms with Crippen LogP contribution in [0.2, 0.25) is 0 Å². The number of methoxy groups -OCH3 is 1. The number of amides is 2. The second-order valence-electron chi connectivity index (χ2n) is 7.07. The summed E-state index contributed by atoms with van der Waals surface area (Å²) in [5, 5.41) is 2.91. The molecule has 7 heteroatoms. The van der Waals surface area contributed by atoms with Gasteiger partial charge in [0.25, 0.3) is 5.91 Å². The minimum Gasteiger partial charge on any atom is -0.496 e. The summed E-state index contributed by atoms with van der Waals surface area (Å²) in [7, 11) is 1.59. The number of ether oxygens (including phenoxy) is 1. The normalized spacial score (nSPS) is 13.0. The number of thioether (sulfide) groups is 1. The van der Waals surface area contributed by atoms with Gasteiger partial charge in [-0.25, -0.2) is 4.39 Å². The fourth-order valence-electron chi connectivity index (χ4n) is 3.42. The van der Waals surface area contributed by atoms with Crippen molar-refractivity contribution in [3.63, 3.8) is 0 Å². The maximum Gasteiger partial charge on any atom is 0.251 e. The summed E-state index contributed by atoms with van der Waals surface area (Å²) in [5.74, 6) is 0.430. The maximum atomic E-state index is 13.2. The summed E-state index contributed by atoms with van der Waals surface area (Å²) in [6.07, 6.45) is 0. The van der Waals surface area contributed by atoms with Crippen LogP contribution < -0.4 is 15.0 Å². The third kappa shape index (κ3) is 4.72. The van der Waals surface area contributed by atoms with E-state index in [1.807, 2.05) is 30.3 Å². The molecule has 158 valence electrons. The fraction of sp³-hybridized carbons (Fsp3) is 0.167. The molecular formula is C24H21FN2O3S. The summed E-state index contributed by atoms with van der Waals surface area (Å²) in [5.41, 5.74) is 2.85. The van der Waals surface area contributed by atoms with Crippen molar-refractivity contribution in [1.29, 1.82) is 0 Å². The highest BCUT2D eigenvalue weighted by atomic mass is 32.2. The molecule has 0 radical (unpaired) electrons. The first-order valence-corrected chi connectivity index (χ1v) is 10.8. The summed E-state index contributed by atoms with van der Waals surface area (Å²) >= 11 is 1.45. The third-order valence-corrected chi connectivity index (χ3v) is 6.10. The Morgan fingerprint density at radius 1 is 1.13 bits per heavy atom. The van der Waals surface area contributed by atoms with E-state index < -0.39 is 0 Å². The molecule has 0 saturated heterocycles. The number of benzene rings is 3. The van der Waals surface area contributed by atoms with E-state index in [1.54, 1.807) is 36.3 Å². The van der Waals surface area contributed by atoms with Gasteiger partial charge >= 0.3 is 0 Å². The van der Waals surface area contributed by atoms with Crippen LogP contribution in [-0.4, -0.2) is 24.7 Å². The Kier molecular flexibility index (Phi) is 6.23. The van der Waals surface area contributed by atoms with Crippen LogP contribution in [0.5, 0.6) is 5.75 Å². The van der Waals surface area contributed by atoms with E-state index in [0.717, 1.165) is 16.0 Å². The Hall–Kier alpha value is -3.32. The minimum absolute atomic E-state index is 0.0478. The second-order valence-corrected chi connectivity index (χ2v) is 8.09. The molecule has 3 aromatic carbocycles. The van der Waals surface area contributed by atoms with Gasteiger partial charge in [0.2, 0.25) is 5.91 Å². The van der Waals surface area contributed by atoms with Crippen LogP contribution >= 0.6 is 11.8 Å². The zero-order chi connectivity index (χ0) is 21.8. The molecule has 0 atom stereocenters. The van der Waals surface area contributed by atoms with Crippen molar-refractivity contribution >= 4 is 29.3 Å². The number of nitrogens with one attached hydrogen (secondary N) is 1. The van der Waals surface area contributed by atoms with Gasteiger partial charge in [0, 0.05) is 22.6 Å². The lowest BCUT2D eigenvalue weighted by atomic mass is 10.1. The zero-order valence-corrected chi connectivity index (χ0v) is 17.7. The fourth-order valence-corrected chi connectivity index (χ4v) is 4.33. The topological polar surface area (TPSA) is 58.6 Å². The number of fused-ring (bicyclic) bond motifs is 1. The number of carbonyl (C=O) groups excluding carboxylic acids is 2. The number of hydrogen-bond acceptors (Lipinski definition) is 4. The smallest absolute Gasteiger partial charge is 0.251 e. The van der Waals surface area contributed by atoms with Gasteiger partial charge < -0.3 is 15.0 Å². The molecule has 5 nitrogen and oxygen atoms in total. The van der Waals surface area contributed by atoms with Gasteiger partial charge in [-0.3, -0.25) is 9.59 Å². The van der Waals surface area contributed by atoms with Crippen LogP contribution in [0.3, 0.4) is 0 Å². The largest absolute Gasteiger partial charge is 0.496 e. The van der Waals surface area contributed by atoms with Gasteiger partial charge in [-0.15, -0.1) is 11.8 Å². The van der Waals surface area contributed by atoms with Gasteiger partial charge in [0.15, 0.2) is 0 Å². The third-order valence-electron chi connectivity index (χ3n) is 5.05. The standard InChI is InChI=1S/C24H21FN2O3S/c1-30-21-5-3-2-4-18(21)13-26-24(29)17-8-11-22-20(12-17)27(23(28)15-31-22)14-16-6-9-19(25)10-7-16/h2-12H,13-15H2,1H3,(H,26,29). The van der Waals surface area contributed by atoms with Crippen LogP contribution in [0.25, 0.3) is 0 Å². The number of para-hydroxylation sites is 1. The first-order valence-electron chi connectivity index (χ1n) is 9.77.